The first-order valence-electron chi connectivity index (χ1n) is 14.3. The number of benzene rings is 5. The Morgan fingerprint density at radius 2 is 1.27 bits per heavy atom. The Labute approximate surface area is 241 Å². The fourth-order valence-electron chi connectivity index (χ4n) is 6.65. The zero-order valence-electron chi connectivity index (χ0n) is 23.2. The minimum absolute atomic E-state index is 0.0834. The maximum atomic E-state index is 5.28. The Kier molecular flexibility index (Phi) is 5.27. The molecule has 41 heavy (non-hydrogen) atoms. The fraction of sp³-hybridized carbons (Fsp3) is 0.103. The third-order valence-electron chi connectivity index (χ3n) is 8.90. The van der Waals surface area contributed by atoms with Gasteiger partial charge in [-0.15, -0.1) is 0 Å². The van der Waals surface area contributed by atoms with Gasteiger partial charge in [0.25, 0.3) is 0 Å². The Bertz CT molecular complexity index is 1970. The molecule has 0 amide bonds. The van der Waals surface area contributed by atoms with Gasteiger partial charge < -0.3 is 5.32 Å². The first kappa shape index (κ1) is 23.9. The second-order valence-corrected chi connectivity index (χ2v) is 11.7. The number of aliphatic imine (C=N–C) groups is 1. The van der Waals surface area contributed by atoms with E-state index in [-0.39, 0.29) is 11.5 Å². The first-order chi connectivity index (χ1) is 20.1. The number of nitrogens with one attached hydrogen (secondary N) is 1. The topological polar surface area (TPSA) is 24.4 Å². The van der Waals surface area contributed by atoms with Crippen LogP contribution in [0.3, 0.4) is 0 Å². The van der Waals surface area contributed by atoms with E-state index in [0.29, 0.717) is 0 Å². The Morgan fingerprint density at radius 1 is 0.610 bits per heavy atom. The predicted molar refractivity (Wildman–Crippen MR) is 172 cm³/mol. The lowest BCUT2D eigenvalue weighted by Gasteiger charge is -2.29. The van der Waals surface area contributed by atoms with Gasteiger partial charge in [-0.1, -0.05) is 129 Å². The molecular formula is C39H30N2. The predicted octanol–water partition coefficient (Wildman–Crippen LogP) is 9.07. The van der Waals surface area contributed by atoms with Crippen LogP contribution in [0.15, 0.2) is 144 Å². The van der Waals surface area contributed by atoms with Crippen LogP contribution in [0.1, 0.15) is 36.1 Å². The maximum absolute atomic E-state index is 5.28. The Morgan fingerprint density at radius 3 is 2.07 bits per heavy atom. The number of fused-ring (bicyclic) bond motifs is 5. The van der Waals surface area contributed by atoms with Crippen molar-refractivity contribution in [3.63, 3.8) is 0 Å². The van der Waals surface area contributed by atoms with E-state index in [1.807, 2.05) is 0 Å². The second kappa shape index (κ2) is 9.04. The summed E-state index contributed by atoms with van der Waals surface area (Å²) in [6, 6.07) is 39.7. The van der Waals surface area contributed by atoms with Crippen molar-refractivity contribution in [2.75, 3.05) is 0 Å². The molecule has 2 heteroatoms. The van der Waals surface area contributed by atoms with Crippen LogP contribution in [0.25, 0.3) is 38.7 Å². The van der Waals surface area contributed by atoms with Crippen LogP contribution in [0, 0.1) is 0 Å². The monoisotopic (exact) mass is 526 g/mol. The van der Waals surface area contributed by atoms with Crippen LogP contribution in [0.5, 0.6) is 0 Å². The first-order valence-corrected chi connectivity index (χ1v) is 14.3. The van der Waals surface area contributed by atoms with Crippen LogP contribution < -0.4 is 5.32 Å². The molecule has 5 aromatic carbocycles. The van der Waals surface area contributed by atoms with Gasteiger partial charge in [-0.25, -0.2) is 4.99 Å². The molecule has 3 aliphatic rings. The van der Waals surface area contributed by atoms with Crippen molar-refractivity contribution >= 4 is 22.3 Å². The summed E-state index contributed by atoms with van der Waals surface area (Å²) in [5.74, 6) is 0.905. The van der Waals surface area contributed by atoms with Gasteiger partial charge in [0, 0.05) is 22.1 Å². The molecule has 0 saturated carbocycles. The normalized spacial score (nSPS) is 18.0. The minimum Gasteiger partial charge on any atom is -0.359 e. The molecule has 0 bridgehead atoms. The molecular weight excluding hydrogens is 496 g/mol. The minimum atomic E-state index is -0.0929. The lowest BCUT2D eigenvalue weighted by molar-refractivity contribution is 0.661. The van der Waals surface area contributed by atoms with Crippen molar-refractivity contribution in [1.82, 2.24) is 5.32 Å². The van der Waals surface area contributed by atoms with Crippen molar-refractivity contribution in [3.8, 4) is 22.3 Å². The molecule has 2 aliphatic carbocycles. The number of hydrogen-bond donors (Lipinski definition) is 1. The van der Waals surface area contributed by atoms with Gasteiger partial charge in [0.2, 0.25) is 0 Å². The highest BCUT2D eigenvalue weighted by Gasteiger charge is 2.36. The number of amidine groups is 1. The van der Waals surface area contributed by atoms with E-state index in [2.05, 4.69) is 153 Å². The molecule has 1 N–H and O–H groups in total. The van der Waals surface area contributed by atoms with Gasteiger partial charge in [-0.05, 0) is 62.4 Å². The Balaban J connectivity index is 1.23. The van der Waals surface area contributed by atoms with Gasteiger partial charge in [-0.3, -0.25) is 0 Å². The highest BCUT2D eigenvalue weighted by molar-refractivity contribution is 6.05. The average Bonchev–Trinajstić information content (AvgIpc) is 3.25. The molecule has 0 saturated heterocycles. The van der Waals surface area contributed by atoms with Crippen molar-refractivity contribution in [3.05, 3.63) is 161 Å². The number of nitrogens with zero attached hydrogens (tertiary/aromatic N) is 1. The summed E-state index contributed by atoms with van der Waals surface area (Å²) in [6.45, 7) is 4.71. The highest BCUT2D eigenvalue weighted by atomic mass is 15.1. The zero-order valence-corrected chi connectivity index (χ0v) is 23.2. The molecule has 1 aliphatic heterocycles. The maximum Gasteiger partial charge on any atom is 0.134 e. The molecule has 0 aromatic heterocycles. The van der Waals surface area contributed by atoms with Crippen molar-refractivity contribution in [2.24, 2.45) is 4.99 Å². The molecule has 8 rings (SSSR count). The van der Waals surface area contributed by atoms with Gasteiger partial charge in [0.1, 0.15) is 5.84 Å². The fourth-order valence-corrected chi connectivity index (χ4v) is 6.65. The summed E-state index contributed by atoms with van der Waals surface area (Å²) >= 11 is 0. The standard InChI is InChI=1S/C39H30N2/c1-39(2)34-24-30(20-21-31(34)33-22-28-12-6-7-13-29(28)23-35(33)39)37-32-14-8-9-15-36(32)40-38(41-37)27-18-16-26(17-19-27)25-10-4-3-5-11-25/h3-24,36H,1-2H3,(H,40,41). The molecule has 1 heterocycles. The third-order valence-corrected chi connectivity index (χ3v) is 8.90. The zero-order chi connectivity index (χ0) is 27.6. The molecule has 5 aromatic rings. The van der Waals surface area contributed by atoms with Crippen LogP contribution >= 0.6 is 0 Å². The van der Waals surface area contributed by atoms with E-state index in [9.17, 15) is 0 Å². The van der Waals surface area contributed by atoms with E-state index < -0.39 is 0 Å². The van der Waals surface area contributed by atoms with Gasteiger partial charge in [-0.2, -0.15) is 0 Å². The molecule has 0 spiro atoms. The summed E-state index contributed by atoms with van der Waals surface area (Å²) in [7, 11) is 0. The van der Waals surface area contributed by atoms with E-state index in [4.69, 9.17) is 4.99 Å². The lowest BCUT2D eigenvalue weighted by atomic mass is 9.81. The SMILES string of the molecule is CC1(C)c2cc(C3=C4C=CC=CC4NC(c4ccc(-c5ccccc5)cc4)=N3)ccc2-c2cc3ccccc3cc21. The molecule has 196 valence electrons. The number of hydrogen-bond acceptors (Lipinski definition) is 2. The van der Waals surface area contributed by atoms with E-state index in [0.717, 1.165) is 22.7 Å². The van der Waals surface area contributed by atoms with Gasteiger partial charge in [0.15, 0.2) is 0 Å². The summed E-state index contributed by atoms with van der Waals surface area (Å²) < 4.78 is 0. The molecule has 1 unspecified atom stereocenters. The summed E-state index contributed by atoms with van der Waals surface area (Å²) in [4.78, 5) is 5.28. The summed E-state index contributed by atoms with van der Waals surface area (Å²) in [6.07, 6.45) is 8.65. The Hall–Kier alpha value is -4.95. The molecule has 2 nitrogen and oxygen atoms in total. The quantitative estimate of drug-likeness (QED) is 0.249. The van der Waals surface area contributed by atoms with Crippen LogP contribution in [-0.4, -0.2) is 11.9 Å². The highest BCUT2D eigenvalue weighted by Crippen LogP contribution is 2.50. The van der Waals surface area contributed by atoms with Gasteiger partial charge in [0.05, 0.1) is 11.7 Å². The summed E-state index contributed by atoms with van der Waals surface area (Å²) in [5.41, 5.74) is 12.3. The molecule has 0 fully saturated rings. The van der Waals surface area contributed by atoms with Crippen LogP contribution in [-0.2, 0) is 5.41 Å². The van der Waals surface area contributed by atoms with Crippen molar-refractivity contribution < 1.29 is 0 Å². The van der Waals surface area contributed by atoms with Crippen LogP contribution in [0.4, 0.5) is 0 Å². The lowest BCUT2D eigenvalue weighted by Crippen LogP contribution is -2.39. The number of allylic oxidation sites excluding steroid dienone is 2. The van der Waals surface area contributed by atoms with Crippen molar-refractivity contribution in [2.45, 2.75) is 25.3 Å². The summed E-state index contributed by atoms with van der Waals surface area (Å²) in [5, 5.41) is 6.27. The molecule has 0 radical (unpaired) electrons. The third kappa shape index (κ3) is 3.82. The smallest absolute Gasteiger partial charge is 0.134 e. The van der Waals surface area contributed by atoms with Crippen molar-refractivity contribution in [1.29, 1.82) is 0 Å². The molecule has 1 atom stereocenters. The van der Waals surface area contributed by atoms with Gasteiger partial charge >= 0.3 is 0 Å². The van der Waals surface area contributed by atoms with E-state index in [1.54, 1.807) is 0 Å². The average molecular weight is 527 g/mol. The van der Waals surface area contributed by atoms with Crippen LogP contribution in [0.2, 0.25) is 0 Å². The van der Waals surface area contributed by atoms with E-state index >= 15 is 0 Å². The largest absolute Gasteiger partial charge is 0.359 e. The van der Waals surface area contributed by atoms with E-state index in [1.165, 1.54) is 49.7 Å². The second-order valence-electron chi connectivity index (χ2n) is 11.7. The number of rotatable bonds is 3.